The molecule has 2 heteroatoms. The second kappa shape index (κ2) is 8.16. The molecule has 4 aliphatic rings. The van der Waals surface area contributed by atoms with E-state index in [-0.39, 0.29) is 0 Å². The van der Waals surface area contributed by atoms with Crippen LogP contribution in [0.1, 0.15) is 33.4 Å². The monoisotopic (exact) mass is 400 g/mol. The molecule has 0 radical (unpaired) electrons. The normalized spacial score (nSPS) is 13.6. The highest BCUT2D eigenvalue weighted by Gasteiger charge is 2.12. The molecule has 0 fully saturated rings. The van der Waals surface area contributed by atoms with Gasteiger partial charge in [0.2, 0.25) is 0 Å². The standard InChI is InChI=1S/C26H32Si2/c1-27(2,3)17-15-25-19-21-7-11-23(25)13-9-22-8-12-24(14-10-21)26(20-22)16-18-28(4,5)6/h7-8,11-12,19-20H,9-10,13-14H2,1-6H3. The Balaban J connectivity index is 1.98. The minimum absolute atomic E-state index is 1.04. The number of rotatable bonds is 0. The molecule has 0 saturated heterocycles. The Bertz CT molecular complexity index is 910. The van der Waals surface area contributed by atoms with Crippen LogP contribution in [0.2, 0.25) is 39.3 Å². The molecule has 6 rings (SSSR count). The molecule has 0 saturated carbocycles. The van der Waals surface area contributed by atoms with E-state index in [9.17, 15) is 0 Å². The van der Waals surface area contributed by atoms with Gasteiger partial charge in [-0.3, -0.25) is 0 Å². The Hall–Kier alpha value is -2.01. The zero-order valence-electron chi connectivity index (χ0n) is 18.3. The maximum absolute atomic E-state index is 3.56. The lowest BCUT2D eigenvalue weighted by molar-refractivity contribution is 0.916. The summed E-state index contributed by atoms with van der Waals surface area (Å²) in [5.41, 5.74) is 15.1. The Kier molecular flexibility index (Phi) is 6.04. The minimum atomic E-state index is -1.38. The van der Waals surface area contributed by atoms with Crippen LogP contribution in [-0.4, -0.2) is 16.1 Å². The second-order valence-corrected chi connectivity index (χ2v) is 19.5. The quantitative estimate of drug-likeness (QED) is 0.374. The Morgan fingerprint density at radius 2 is 0.964 bits per heavy atom. The summed E-state index contributed by atoms with van der Waals surface area (Å²) in [5, 5.41) is 0. The zero-order valence-corrected chi connectivity index (χ0v) is 20.3. The summed E-state index contributed by atoms with van der Waals surface area (Å²) in [5.74, 6) is 7.06. The second-order valence-electron chi connectivity index (χ2n) is 9.98. The molecule has 0 aliphatic heterocycles. The fraction of sp³-hybridized carbons (Fsp3) is 0.385. The molecule has 28 heavy (non-hydrogen) atoms. The molecule has 4 aliphatic carbocycles. The third-order valence-corrected chi connectivity index (χ3v) is 6.61. The first-order valence-corrected chi connectivity index (χ1v) is 17.4. The van der Waals surface area contributed by atoms with Crippen LogP contribution >= 0.6 is 0 Å². The highest BCUT2D eigenvalue weighted by Crippen LogP contribution is 2.21. The summed E-state index contributed by atoms with van der Waals surface area (Å²) >= 11 is 0. The van der Waals surface area contributed by atoms with Crippen molar-refractivity contribution in [1.29, 1.82) is 0 Å². The van der Waals surface area contributed by atoms with E-state index in [1.54, 1.807) is 0 Å². The number of benzene rings is 2. The molecule has 2 aromatic rings. The largest absolute Gasteiger partial charge is 0.129 e. The van der Waals surface area contributed by atoms with Gasteiger partial charge < -0.3 is 0 Å². The van der Waals surface area contributed by atoms with Crippen LogP contribution in [0.4, 0.5) is 0 Å². The summed E-state index contributed by atoms with van der Waals surface area (Å²) < 4.78 is 0. The lowest BCUT2D eigenvalue weighted by atomic mass is 9.91. The van der Waals surface area contributed by atoms with E-state index in [1.807, 2.05) is 0 Å². The maximum atomic E-state index is 3.56. The van der Waals surface area contributed by atoms with Crippen molar-refractivity contribution in [2.24, 2.45) is 0 Å². The molecule has 0 spiro atoms. The van der Waals surface area contributed by atoms with Gasteiger partial charge in [0.25, 0.3) is 0 Å². The van der Waals surface area contributed by atoms with Gasteiger partial charge in [0.15, 0.2) is 0 Å². The summed E-state index contributed by atoms with van der Waals surface area (Å²) in [7, 11) is -2.75. The van der Waals surface area contributed by atoms with Crippen molar-refractivity contribution in [3.05, 3.63) is 69.8 Å². The highest BCUT2D eigenvalue weighted by molar-refractivity contribution is 6.84. The third-order valence-electron chi connectivity index (χ3n) is 4.86. The molecule has 0 heterocycles. The van der Waals surface area contributed by atoms with Crippen molar-refractivity contribution in [3.8, 4) is 22.9 Å². The molecule has 0 amide bonds. The molecule has 0 aromatic heterocycles. The summed E-state index contributed by atoms with van der Waals surface area (Å²) in [6, 6.07) is 13.9. The first-order chi connectivity index (χ1) is 13.1. The number of hydrogen-bond acceptors (Lipinski definition) is 0. The Morgan fingerprint density at radius 3 is 1.32 bits per heavy atom. The van der Waals surface area contributed by atoms with Gasteiger partial charge in [-0.05, 0) is 60.1 Å². The Labute approximate surface area is 173 Å². The average molecular weight is 401 g/mol. The molecule has 0 unspecified atom stereocenters. The molecular weight excluding hydrogens is 368 g/mol. The summed E-state index contributed by atoms with van der Waals surface area (Å²) in [6.45, 7) is 13.9. The van der Waals surface area contributed by atoms with Crippen molar-refractivity contribution >= 4 is 16.1 Å². The predicted molar refractivity (Wildman–Crippen MR) is 128 cm³/mol. The van der Waals surface area contributed by atoms with Crippen molar-refractivity contribution in [1.82, 2.24) is 0 Å². The van der Waals surface area contributed by atoms with Crippen LogP contribution in [0.25, 0.3) is 0 Å². The van der Waals surface area contributed by atoms with E-state index in [4.69, 9.17) is 0 Å². The van der Waals surface area contributed by atoms with Gasteiger partial charge in [-0.15, -0.1) is 11.1 Å². The van der Waals surface area contributed by atoms with Crippen molar-refractivity contribution in [2.45, 2.75) is 65.0 Å². The highest BCUT2D eigenvalue weighted by atomic mass is 28.3. The van der Waals surface area contributed by atoms with Gasteiger partial charge in [-0.2, -0.15) is 0 Å². The van der Waals surface area contributed by atoms with Crippen LogP contribution in [0.15, 0.2) is 36.4 Å². The van der Waals surface area contributed by atoms with Crippen molar-refractivity contribution < 1.29 is 0 Å². The van der Waals surface area contributed by atoms with Crippen LogP contribution in [0.5, 0.6) is 0 Å². The molecule has 0 N–H and O–H groups in total. The van der Waals surface area contributed by atoms with E-state index in [2.05, 4.69) is 98.6 Å². The number of hydrogen-bond donors (Lipinski definition) is 0. The SMILES string of the molecule is C[Si](C)(C)C#Cc1cc2ccc1CCc1ccc(c(C#C[Si](C)(C)C)c1)CC2. The van der Waals surface area contributed by atoms with Gasteiger partial charge in [-0.1, -0.05) is 75.4 Å². The molecule has 0 nitrogen and oxygen atoms in total. The number of aryl methyl sites for hydroxylation is 4. The van der Waals surface area contributed by atoms with Gasteiger partial charge in [0, 0.05) is 11.1 Å². The van der Waals surface area contributed by atoms with Crippen LogP contribution in [0, 0.1) is 22.9 Å². The fourth-order valence-corrected chi connectivity index (χ4v) is 4.31. The fourth-order valence-electron chi connectivity index (χ4n) is 3.29. The van der Waals surface area contributed by atoms with Crippen LogP contribution in [-0.2, 0) is 25.7 Å². The lowest BCUT2D eigenvalue weighted by Crippen LogP contribution is -2.16. The first kappa shape index (κ1) is 20.7. The molecular formula is C26H32Si2. The van der Waals surface area contributed by atoms with Crippen molar-refractivity contribution in [3.63, 3.8) is 0 Å². The molecule has 4 bridgehead atoms. The summed E-state index contributed by atoms with van der Waals surface area (Å²) in [4.78, 5) is 0. The minimum Gasteiger partial charge on any atom is -0.127 e. The van der Waals surface area contributed by atoms with E-state index >= 15 is 0 Å². The maximum Gasteiger partial charge on any atom is 0.129 e. The van der Waals surface area contributed by atoms with E-state index in [0.717, 1.165) is 25.7 Å². The van der Waals surface area contributed by atoms with Gasteiger partial charge >= 0.3 is 0 Å². The third kappa shape index (κ3) is 6.00. The van der Waals surface area contributed by atoms with Crippen LogP contribution in [0.3, 0.4) is 0 Å². The smallest absolute Gasteiger partial charge is 0.127 e. The molecule has 0 atom stereocenters. The molecule has 2 aromatic carbocycles. The van der Waals surface area contributed by atoms with Gasteiger partial charge in [0.1, 0.15) is 16.1 Å². The Morgan fingerprint density at radius 1 is 0.571 bits per heavy atom. The topological polar surface area (TPSA) is 0 Å². The van der Waals surface area contributed by atoms with E-state index < -0.39 is 16.1 Å². The predicted octanol–water partition coefficient (Wildman–Crippen LogP) is 6.03. The summed E-state index contributed by atoms with van der Waals surface area (Å²) in [6.07, 6.45) is 4.16. The lowest BCUT2D eigenvalue weighted by Gasteiger charge is -2.14. The van der Waals surface area contributed by atoms with E-state index in [1.165, 1.54) is 33.4 Å². The van der Waals surface area contributed by atoms with E-state index in [0.29, 0.717) is 0 Å². The molecule has 144 valence electrons. The average Bonchev–Trinajstić information content (AvgIpc) is 2.59. The van der Waals surface area contributed by atoms with Crippen molar-refractivity contribution in [2.75, 3.05) is 0 Å². The van der Waals surface area contributed by atoms with Gasteiger partial charge in [-0.25, -0.2) is 0 Å². The van der Waals surface area contributed by atoms with Crippen LogP contribution < -0.4 is 0 Å². The first-order valence-electron chi connectivity index (χ1n) is 10.4. The zero-order chi connectivity index (χ0) is 20.4. The van der Waals surface area contributed by atoms with Gasteiger partial charge in [0.05, 0.1) is 0 Å².